The molecule has 0 N–H and O–H groups in total. The molecule has 19 heavy (non-hydrogen) atoms. The van der Waals surface area contributed by atoms with Crippen LogP contribution in [-0.2, 0) is 4.79 Å². The van der Waals surface area contributed by atoms with Crippen molar-refractivity contribution in [1.29, 1.82) is 0 Å². The van der Waals surface area contributed by atoms with Gasteiger partial charge in [-0.2, -0.15) is 0 Å². The van der Waals surface area contributed by atoms with Crippen molar-refractivity contribution in [2.75, 3.05) is 31.1 Å². The van der Waals surface area contributed by atoms with Gasteiger partial charge in [0.15, 0.2) is 0 Å². The minimum Gasteiger partial charge on any atom is -0.360 e. The third kappa shape index (κ3) is 2.75. The van der Waals surface area contributed by atoms with Gasteiger partial charge in [-0.1, -0.05) is 32.0 Å². The maximum Gasteiger partial charge on any atom is 0.242 e. The summed E-state index contributed by atoms with van der Waals surface area (Å²) >= 11 is 0. The molecule has 1 heterocycles. The van der Waals surface area contributed by atoms with Crippen LogP contribution in [0.1, 0.15) is 37.8 Å². The molecule has 0 spiro atoms. The Balaban J connectivity index is 2.30. The second-order valence-electron chi connectivity index (χ2n) is 5.56. The molecule has 3 heteroatoms. The fourth-order valence-electron chi connectivity index (χ4n) is 2.81. The summed E-state index contributed by atoms with van der Waals surface area (Å²) in [7, 11) is 0. The van der Waals surface area contributed by atoms with E-state index in [4.69, 9.17) is 0 Å². The molecule has 0 aromatic heterocycles. The number of para-hydroxylation sites is 1. The number of aryl methyl sites for hydroxylation is 1. The molecule has 0 saturated carbocycles. The number of piperazine rings is 1. The van der Waals surface area contributed by atoms with Gasteiger partial charge in [0, 0.05) is 25.3 Å². The van der Waals surface area contributed by atoms with Crippen molar-refractivity contribution in [2.45, 2.75) is 33.6 Å². The molecular weight excluding hydrogens is 236 g/mol. The lowest BCUT2D eigenvalue weighted by atomic mass is 9.97. The smallest absolute Gasteiger partial charge is 0.242 e. The average Bonchev–Trinajstić information content (AvgIpc) is 2.38. The molecule has 2 rings (SSSR count). The quantitative estimate of drug-likeness (QED) is 0.834. The van der Waals surface area contributed by atoms with Crippen LogP contribution in [0.3, 0.4) is 0 Å². The zero-order valence-electron chi connectivity index (χ0n) is 12.4. The first-order valence-electron chi connectivity index (χ1n) is 7.16. The third-order valence-electron chi connectivity index (χ3n) is 3.91. The van der Waals surface area contributed by atoms with Crippen LogP contribution in [0.5, 0.6) is 0 Å². The molecule has 0 aliphatic carbocycles. The van der Waals surface area contributed by atoms with Crippen molar-refractivity contribution in [3.63, 3.8) is 0 Å². The van der Waals surface area contributed by atoms with Crippen LogP contribution in [0.2, 0.25) is 0 Å². The highest BCUT2D eigenvalue weighted by molar-refractivity contribution is 5.83. The number of anilines is 1. The van der Waals surface area contributed by atoms with E-state index in [2.05, 4.69) is 43.9 Å². The Hall–Kier alpha value is -1.51. The molecular formula is C16H24N2O. The van der Waals surface area contributed by atoms with Crippen molar-refractivity contribution in [2.24, 2.45) is 0 Å². The van der Waals surface area contributed by atoms with Crippen LogP contribution in [0.15, 0.2) is 18.2 Å². The monoisotopic (exact) mass is 260 g/mol. The van der Waals surface area contributed by atoms with E-state index in [-0.39, 0.29) is 5.91 Å². The van der Waals surface area contributed by atoms with Gasteiger partial charge in [-0.05, 0) is 30.9 Å². The summed E-state index contributed by atoms with van der Waals surface area (Å²) < 4.78 is 0. The Morgan fingerprint density at radius 3 is 2.58 bits per heavy atom. The van der Waals surface area contributed by atoms with Gasteiger partial charge in [-0.3, -0.25) is 4.79 Å². The topological polar surface area (TPSA) is 23.6 Å². The molecule has 1 aliphatic heterocycles. The van der Waals surface area contributed by atoms with Crippen LogP contribution >= 0.6 is 0 Å². The number of hydrogen-bond acceptors (Lipinski definition) is 2. The van der Waals surface area contributed by atoms with E-state index in [1.165, 1.54) is 16.8 Å². The number of likely N-dealkylation sites (N-methyl/N-ethyl adjacent to an activating group) is 1. The predicted octanol–water partition coefficient (Wildman–Crippen LogP) is 2.79. The van der Waals surface area contributed by atoms with E-state index in [9.17, 15) is 4.79 Å². The van der Waals surface area contributed by atoms with Gasteiger partial charge in [0.1, 0.15) is 0 Å². The summed E-state index contributed by atoms with van der Waals surface area (Å²) in [6, 6.07) is 6.43. The number of amides is 1. The van der Waals surface area contributed by atoms with E-state index in [0.29, 0.717) is 12.5 Å². The zero-order chi connectivity index (χ0) is 14.0. The van der Waals surface area contributed by atoms with Crippen molar-refractivity contribution >= 4 is 11.6 Å². The molecule has 0 atom stereocenters. The first-order valence-corrected chi connectivity index (χ1v) is 7.16. The van der Waals surface area contributed by atoms with Crippen LogP contribution in [0.25, 0.3) is 0 Å². The third-order valence-corrected chi connectivity index (χ3v) is 3.91. The second kappa shape index (κ2) is 5.64. The van der Waals surface area contributed by atoms with Gasteiger partial charge in [0.2, 0.25) is 5.91 Å². The van der Waals surface area contributed by atoms with Crippen molar-refractivity contribution in [1.82, 2.24) is 4.90 Å². The first kappa shape index (κ1) is 13.9. The SMILES string of the molecule is CCN1CCN(c2c(C)cccc2C(C)C)CC1=O. The van der Waals surface area contributed by atoms with Crippen LogP contribution < -0.4 is 4.90 Å². The summed E-state index contributed by atoms with van der Waals surface area (Å²) in [5.74, 6) is 0.723. The Morgan fingerprint density at radius 1 is 1.26 bits per heavy atom. The van der Waals surface area contributed by atoms with Crippen molar-refractivity contribution < 1.29 is 4.79 Å². The molecule has 0 bridgehead atoms. The van der Waals surface area contributed by atoms with E-state index < -0.39 is 0 Å². The number of carbonyl (C=O) groups excluding carboxylic acids is 1. The molecule has 1 fully saturated rings. The summed E-state index contributed by atoms with van der Waals surface area (Å²) in [4.78, 5) is 16.3. The fourth-order valence-corrected chi connectivity index (χ4v) is 2.81. The van der Waals surface area contributed by atoms with Crippen LogP contribution in [0.4, 0.5) is 5.69 Å². The van der Waals surface area contributed by atoms with Gasteiger partial charge in [-0.25, -0.2) is 0 Å². The number of rotatable bonds is 3. The van der Waals surface area contributed by atoms with E-state index in [0.717, 1.165) is 19.6 Å². The van der Waals surface area contributed by atoms with Crippen molar-refractivity contribution in [3.05, 3.63) is 29.3 Å². The maximum absolute atomic E-state index is 12.1. The molecule has 1 aromatic rings. The lowest BCUT2D eigenvalue weighted by molar-refractivity contribution is -0.130. The summed E-state index contributed by atoms with van der Waals surface area (Å²) in [6.07, 6.45) is 0. The largest absolute Gasteiger partial charge is 0.360 e. The minimum atomic E-state index is 0.242. The first-order chi connectivity index (χ1) is 9.04. The van der Waals surface area contributed by atoms with Gasteiger partial charge >= 0.3 is 0 Å². The standard InChI is InChI=1S/C16H24N2O/c1-5-17-9-10-18(11-15(17)19)16-13(4)7-6-8-14(16)12(2)3/h6-8,12H,5,9-11H2,1-4H3. The Kier molecular flexibility index (Phi) is 4.13. The molecule has 1 amide bonds. The van der Waals surface area contributed by atoms with Gasteiger partial charge in [-0.15, -0.1) is 0 Å². The summed E-state index contributed by atoms with van der Waals surface area (Å²) in [5.41, 5.74) is 3.88. The Morgan fingerprint density at radius 2 is 2.00 bits per heavy atom. The highest BCUT2D eigenvalue weighted by Crippen LogP contribution is 2.31. The van der Waals surface area contributed by atoms with Gasteiger partial charge in [0.05, 0.1) is 6.54 Å². The molecule has 3 nitrogen and oxygen atoms in total. The van der Waals surface area contributed by atoms with Gasteiger partial charge < -0.3 is 9.80 Å². The lowest BCUT2D eigenvalue weighted by Crippen LogP contribution is -2.50. The van der Waals surface area contributed by atoms with E-state index in [1.54, 1.807) is 0 Å². The number of benzene rings is 1. The van der Waals surface area contributed by atoms with Crippen molar-refractivity contribution in [3.8, 4) is 0 Å². The molecule has 1 aromatic carbocycles. The molecule has 104 valence electrons. The molecule has 1 aliphatic rings. The second-order valence-corrected chi connectivity index (χ2v) is 5.56. The Labute approximate surface area is 116 Å². The van der Waals surface area contributed by atoms with E-state index >= 15 is 0 Å². The Bertz CT molecular complexity index is 468. The highest BCUT2D eigenvalue weighted by Gasteiger charge is 2.25. The molecule has 0 radical (unpaired) electrons. The number of carbonyl (C=O) groups is 1. The maximum atomic E-state index is 12.1. The van der Waals surface area contributed by atoms with Crippen LogP contribution in [-0.4, -0.2) is 37.0 Å². The summed E-state index contributed by atoms with van der Waals surface area (Å²) in [5, 5.41) is 0. The number of nitrogens with zero attached hydrogens (tertiary/aromatic N) is 2. The fraction of sp³-hybridized carbons (Fsp3) is 0.562. The number of hydrogen-bond donors (Lipinski definition) is 0. The minimum absolute atomic E-state index is 0.242. The molecule has 1 saturated heterocycles. The zero-order valence-corrected chi connectivity index (χ0v) is 12.4. The highest BCUT2D eigenvalue weighted by atomic mass is 16.2. The normalized spacial score (nSPS) is 16.4. The molecule has 0 unspecified atom stereocenters. The van der Waals surface area contributed by atoms with Crippen LogP contribution in [0, 0.1) is 6.92 Å². The lowest BCUT2D eigenvalue weighted by Gasteiger charge is -2.37. The van der Waals surface area contributed by atoms with E-state index in [1.807, 2.05) is 11.8 Å². The van der Waals surface area contributed by atoms with Gasteiger partial charge in [0.25, 0.3) is 0 Å². The average molecular weight is 260 g/mol. The summed E-state index contributed by atoms with van der Waals surface area (Å²) in [6.45, 7) is 11.7. The predicted molar refractivity (Wildman–Crippen MR) is 79.7 cm³/mol.